The van der Waals surface area contributed by atoms with Crippen molar-refractivity contribution in [3.8, 4) is 0 Å². The van der Waals surface area contributed by atoms with Gasteiger partial charge in [0.1, 0.15) is 11.5 Å². The standard InChI is InChI=1S/C11H13ClN4O/c1-13-9-8-2-3-16(4-7-5-17-6-7)10(8)15-11(12)14-9/h2-3,7H,4-6H2,1H3,(H,13,14,15). The molecular weight excluding hydrogens is 240 g/mol. The molecule has 0 saturated carbocycles. The fraction of sp³-hybridized carbons (Fsp3) is 0.455. The summed E-state index contributed by atoms with van der Waals surface area (Å²) in [4.78, 5) is 8.44. The minimum atomic E-state index is 0.270. The second-order valence-corrected chi connectivity index (χ2v) is 4.54. The Morgan fingerprint density at radius 2 is 2.35 bits per heavy atom. The average Bonchev–Trinajstić information content (AvgIpc) is 2.65. The van der Waals surface area contributed by atoms with Gasteiger partial charge in [-0.15, -0.1) is 0 Å². The van der Waals surface area contributed by atoms with E-state index in [2.05, 4.69) is 19.9 Å². The maximum atomic E-state index is 5.92. The van der Waals surface area contributed by atoms with E-state index < -0.39 is 0 Å². The molecule has 2 aromatic rings. The van der Waals surface area contributed by atoms with Crippen LogP contribution in [0.3, 0.4) is 0 Å². The highest BCUT2D eigenvalue weighted by molar-refractivity contribution is 6.28. The molecule has 1 aliphatic heterocycles. The topological polar surface area (TPSA) is 52.0 Å². The Labute approximate surface area is 104 Å². The van der Waals surface area contributed by atoms with Crippen LogP contribution in [0.5, 0.6) is 0 Å². The van der Waals surface area contributed by atoms with Gasteiger partial charge in [-0.1, -0.05) is 0 Å². The van der Waals surface area contributed by atoms with Crippen molar-refractivity contribution in [3.05, 3.63) is 17.5 Å². The van der Waals surface area contributed by atoms with Crippen LogP contribution >= 0.6 is 11.6 Å². The molecule has 3 rings (SSSR count). The number of anilines is 1. The summed E-state index contributed by atoms with van der Waals surface area (Å²) in [5, 5.41) is 4.30. The van der Waals surface area contributed by atoms with Gasteiger partial charge in [-0.25, -0.2) is 4.98 Å². The fourth-order valence-corrected chi connectivity index (χ4v) is 2.21. The summed E-state index contributed by atoms with van der Waals surface area (Å²) >= 11 is 5.92. The van der Waals surface area contributed by atoms with Crippen molar-refractivity contribution in [1.29, 1.82) is 0 Å². The summed E-state index contributed by atoms with van der Waals surface area (Å²) in [6.45, 7) is 2.58. The number of rotatable bonds is 3. The van der Waals surface area contributed by atoms with E-state index in [-0.39, 0.29) is 5.28 Å². The van der Waals surface area contributed by atoms with Crippen molar-refractivity contribution < 1.29 is 4.74 Å². The van der Waals surface area contributed by atoms with E-state index in [0.29, 0.717) is 5.92 Å². The van der Waals surface area contributed by atoms with Gasteiger partial charge in [0.05, 0.1) is 18.6 Å². The van der Waals surface area contributed by atoms with Gasteiger partial charge in [0, 0.05) is 25.7 Å². The number of fused-ring (bicyclic) bond motifs is 1. The molecule has 0 atom stereocenters. The summed E-state index contributed by atoms with van der Waals surface area (Å²) in [7, 11) is 1.83. The molecule has 0 aliphatic carbocycles. The average molecular weight is 253 g/mol. The van der Waals surface area contributed by atoms with Gasteiger partial charge in [0.2, 0.25) is 5.28 Å². The zero-order chi connectivity index (χ0) is 11.8. The highest BCUT2D eigenvalue weighted by Gasteiger charge is 2.20. The molecule has 90 valence electrons. The van der Waals surface area contributed by atoms with Gasteiger partial charge in [-0.3, -0.25) is 0 Å². The Bertz CT molecular complexity index is 550. The maximum Gasteiger partial charge on any atom is 0.226 e. The first-order valence-electron chi connectivity index (χ1n) is 5.56. The lowest BCUT2D eigenvalue weighted by Gasteiger charge is -2.26. The SMILES string of the molecule is CNc1nc(Cl)nc2c1ccn2CC1COC1. The van der Waals surface area contributed by atoms with E-state index in [1.54, 1.807) is 0 Å². The lowest BCUT2D eigenvalue weighted by atomic mass is 10.1. The molecule has 1 aliphatic rings. The van der Waals surface area contributed by atoms with E-state index in [1.807, 2.05) is 19.3 Å². The van der Waals surface area contributed by atoms with Crippen molar-refractivity contribution in [2.24, 2.45) is 5.92 Å². The third-order valence-electron chi connectivity index (χ3n) is 2.99. The third kappa shape index (κ3) is 1.85. The van der Waals surface area contributed by atoms with Crippen LogP contribution in [0, 0.1) is 5.92 Å². The minimum absolute atomic E-state index is 0.270. The smallest absolute Gasteiger partial charge is 0.226 e. The predicted molar refractivity (Wildman–Crippen MR) is 66.4 cm³/mol. The van der Waals surface area contributed by atoms with Crippen LogP contribution in [0.2, 0.25) is 5.28 Å². The van der Waals surface area contributed by atoms with Crippen molar-refractivity contribution >= 4 is 28.5 Å². The van der Waals surface area contributed by atoms with E-state index in [9.17, 15) is 0 Å². The highest BCUT2D eigenvalue weighted by Crippen LogP contribution is 2.24. The number of hydrogen-bond donors (Lipinski definition) is 1. The molecule has 0 bridgehead atoms. The van der Waals surface area contributed by atoms with Crippen molar-refractivity contribution in [2.45, 2.75) is 6.54 Å². The molecule has 1 saturated heterocycles. The Hall–Kier alpha value is -1.33. The van der Waals surface area contributed by atoms with Gasteiger partial charge >= 0.3 is 0 Å². The lowest BCUT2D eigenvalue weighted by molar-refractivity contribution is -0.0389. The van der Waals surface area contributed by atoms with Crippen LogP contribution < -0.4 is 5.32 Å². The van der Waals surface area contributed by atoms with E-state index in [4.69, 9.17) is 16.3 Å². The summed E-state index contributed by atoms with van der Waals surface area (Å²) in [6.07, 6.45) is 2.02. The largest absolute Gasteiger partial charge is 0.381 e. The monoisotopic (exact) mass is 252 g/mol. The molecule has 0 spiro atoms. The molecular formula is C11H13ClN4O. The third-order valence-corrected chi connectivity index (χ3v) is 3.16. The van der Waals surface area contributed by atoms with Crippen molar-refractivity contribution in [2.75, 3.05) is 25.6 Å². The molecule has 6 heteroatoms. The Balaban J connectivity index is 2.04. The van der Waals surface area contributed by atoms with Crippen LogP contribution in [0.15, 0.2) is 12.3 Å². The fourth-order valence-electron chi connectivity index (χ4n) is 2.04. The zero-order valence-electron chi connectivity index (χ0n) is 9.48. The molecule has 17 heavy (non-hydrogen) atoms. The Morgan fingerprint density at radius 1 is 1.53 bits per heavy atom. The van der Waals surface area contributed by atoms with Gasteiger partial charge in [-0.05, 0) is 17.7 Å². The van der Waals surface area contributed by atoms with Crippen molar-refractivity contribution in [3.63, 3.8) is 0 Å². The molecule has 1 N–H and O–H groups in total. The molecule has 0 radical (unpaired) electrons. The zero-order valence-corrected chi connectivity index (χ0v) is 10.2. The van der Waals surface area contributed by atoms with Gasteiger partial charge in [0.25, 0.3) is 0 Å². The maximum absolute atomic E-state index is 5.92. The summed E-state index contributed by atoms with van der Waals surface area (Å²) < 4.78 is 7.29. The van der Waals surface area contributed by atoms with Crippen LogP contribution in [0.4, 0.5) is 5.82 Å². The Kier molecular flexibility index (Phi) is 2.64. The first-order chi connectivity index (χ1) is 8.28. The van der Waals surface area contributed by atoms with E-state index in [1.165, 1.54) is 0 Å². The number of hydrogen-bond acceptors (Lipinski definition) is 4. The quantitative estimate of drug-likeness (QED) is 0.846. The highest BCUT2D eigenvalue weighted by atomic mass is 35.5. The number of aromatic nitrogens is 3. The molecule has 0 aromatic carbocycles. The first kappa shape index (κ1) is 10.8. The van der Waals surface area contributed by atoms with Crippen molar-refractivity contribution in [1.82, 2.24) is 14.5 Å². The van der Waals surface area contributed by atoms with Crippen LogP contribution in [-0.4, -0.2) is 34.8 Å². The predicted octanol–water partition coefficient (Wildman–Crippen LogP) is 1.77. The van der Waals surface area contributed by atoms with Gasteiger partial charge < -0.3 is 14.6 Å². The molecule has 2 aromatic heterocycles. The number of halogens is 1. The second-order valence-electron chi connectivity index (χ2n) is 4.20. The normalized spacial score (nSPS) is 16.1. The first-order valence-corrected chi connectivity index (χ1v) is 5.93. The molecule has 0 unspecified atom stereocenters. The van der Waals surface area contributed by atoms with E-state index >= 15 is 0 Å². The van der Waals surface area contributed by atoms with Crippen LogP contribution in [0.25, 0.3) is 11.0 Å². The molecule has 1 fully saturated rings. The Morgan fingerprint density at radius 3 is 3.00 bits per heavy atom. The molecule has 5 nitrogen and oxygen atoms in total. The number of ether oxygens (including phenoxy) is 1. The number of nitrogens with one attached hydrogen (secondary N) is 1. The summed E-state index contributed by atoms with van der Waals surface area (Å²) in [5.74, 6) is 1.35. The summed E-state index contributed by atoms with van der Waals surface area (Å²) in [6, 6.07) is 2.01. The van der Waals surface area contributed by atoms with Gasteiger partial charge in [-0.2, -0.15) is 4.98 Å². The molecule has 0 amide bonds. The van der Waals surface area contributed by atoms with Crippen LogP contribution in [0.1, 0.15) is 0 Å². The minimum Gasteiger partial charge on any atom is -0.381 e. The molecule has 3 heterocycles. The van der Waals surface area contributed by atoms with Gasteiger partial charge in [0.15, 0.2) is 0 Å². The lowest BCUT2D eigenvalue weighted by Crippen LogP contribution is -2.31. The van der Waals surface area contributed by atoms with Crippen LogP contribution in [-0.2, 0) is 11.3 Å². The second kappa shape index (κ2) is 4.16. The van der Waals surface area contributed by atoms with E-state index in [0.717, 1.165) is 36.6 Å². The summed E-state index contributed by atoms with van der Waals surface area (Å²) in [5.41, 5.74) is 0.876. The number of nitrogens with zero attached hydrogens (tertiary/aromatic N) is 3.